The van der Waals surface area contributed by atoms with Gasteiger partial charge in [-0.2, -0.15) is 8.78 Å². The lowest BCUT2D eigenvalue weighted by molar-refractivity contribution is -0.163. The first kappa shape index (κ1) is 32.6. The van der Waals surface area contributed by atoms with Crippen LogP contribution < -0.4 is 20.3 Å². The Kier molecular flexibility index (Phi) is 12.4. The molecule has 0 heterocycles. The molecule has 4 amide bonds. The number of hydrogen-bond donors (Lipinski definition) is 3. The number of ether oxygens (including phenoxy) is 1. The van der Waals surface area contributed by atoms with Crippen LogP contribution in [0.4, 0.5) is 29.7 Å². The summed E-state index contributed by atoms with van der Waals surface area (Å²) < 4.78 is 30.9. The quantitative estimate of drug-likeness (QED) is 0.223. The predicted octanol–water partition coefficient (Wildman–Crippen LogP) is 7.97. The summed E-state index contributed by atoms with van der Waals surface area (Å²) in [5, 5.41) is 13.6. The van der Waals surface area contributed by atoms with E-state index in [-0.39, 0.29) is 22.0 Å². The standard InChI is InChI=1S/C16H11Cl3F2N2O3.C11H15NO2/c17-12-4-2-1-3-11(12)13(24)23-15(25)22-9-5-7-10(8-6-9)26-16(20,21)14(18)19;1-3-7-12(11(13)14)10-6-4-5-9(2)8-10/h1-8,14H,(H2,22,23,24,25);4-6,8H,3,7H2,1-2H3,(H,13,14). The van der Waals surface area contributed by atoms with Crippen LogP contribution in [0, 0.1) is 6.92 Å². The summed E-state index contributed by atoms with van der Waals surface area (Å²) in [5.74, 6) is -0.901. The zero-order chi connectivity index (χ0) is 29.9. The molecule has 3 rings (SSSR count). The first-order valence-corrected chi connectivity index (χ1v) is 13.0. The Morgan fingerprint density at radius 3 is 2.23 bits per heavy atom. The third kappa shape index (κ3) is 10.2. The zero-order valence-electron chi connectivity index (χ0n) is 21.3. The molecule has 0 spiro atoms. The van der Waals surface area contributed by atoms with Crippen LogP contribution in [0.25, 0.3) is 0 Å². The third-order valence-electron chi connectivity index (χ3n) is 4.96. The highest BCUT2D eigenvalue weighted by atomic mass is 35.5. The first-order chi connectivity index (χ1) is 18.8. The van der Waals surface area contributed by atoms with Gasteiger partial charge in [-0.3, -0.25) is 15.0 Å². The normalized spacial score (nSPS) is 10.7. The molecule has 3 aromatic rings. The number of carbonyl (C=O) groups excluding carboxylic acids is 2. The molecule has 0 bridgehead atoms. The molecular formula is C27H26Cl3F2N3O5. The molecule has 40 heavy (non-hydrogen) atoms. The van der Waals surface area contributed by atoms with Gasteiger partial charge in [-0.25, -0.2) is 9.59 Å². The van der Waals surface area contributed by atoms with Gasteiger partial charge < -0.3 is 15.2 Å². The number of nitrogens with one attached hydrogen (secondary N) is 2. The van der Waals surface area contributed by atoms with Crippen LogP contribution in [0.2, 0.25) is 5.02 Å². The molecular weight excluding hydrogens is 591 g/mol. The largest absolute Gasteiger partial charge is 0.465 e. The van der Waals surface area contributed by atoms with Gasteiger partial charge in [-0.05, 0) is 67.4 Å². The fourth-order valence-corrected chi connectivity index (χ4v) is 3.45. The molecule has 0 aliphatic carbocycles. The van der Waals surface area contributed by atoms with E-state index >= 15 is 0 Å². The second kappa shape index (κ2) is 15.3. The molecule has 0 saturated carbocycles. The Bertz CT molecular complexity index is 1310. The van der Waals surface area contributed by atoms with E-state index in [4.69, 9.17) is 39.9 Å². The Hall–Kier alpha value is -3.60. The van der Waals surface area contributed by atoms with Gasteiger partial charge in [-0.1, -0.05) is 66.0 Å². The highest BCUT2D eigenvalue weighted by Crippen LogP contribution is 2.30. The number of rotatable bonds is 8. The predicted molar refractivity (Wildman–Crippen MR) is 152 cm³/mol. The summed E-state index contributed by atoms with van der Waals surface area (Å²) in [6.07, 6.45) is -3.84. The number of aryl methyl sites for hydroxylation is 1. The van der Waals surface area contributed by atoms with Crippen LogP contribution in [0.5, 0.6) is 5.75 Å². The second-order valence-electron chi connectivity index (χ2n) is 8.15. The fraction of sp³-hybridized carbons (Fsp3) is 0.222. The molecule has 0 saturated heterocycles. The molecule has 214 valence electrons. The van der Waals surface area contributed by atoms with Crippen molar-refractivity contribution in [2.75, 3.05) is 16.8 Å². The Labute approximate surface area is 244 Å². The number of amides is 4. The van der Waals surface area contributed by atoms with Gasteiger partial charge in [0.15, 0.2) is 0 Å². The van der Waals surface area contributed by atoms with Crippen molar-refractivity contribution >= 4 is 64.2 Å². The number of benzene rings is 3. The number of carbonyl (C=O) groups is 3. The molecule has 0 aromatic heterocycles. The lowest BCUT2D eigenvalue weighted by Gasteiger charge is -2.18. The van der Waals surface area contributed by atoms with Crippen LogP contribution in [-0.2, 0) is 0 Å². The average molecular weight is 617 g/mol. The lowest BCUT2D eigenvalue weighted by Crippen LogP contribution is -2.34. The lowest BCUT2D eigenvalue weighted by atomic mass is 10.2. The highest BCUT2D eigenvalue weighted by Gasteiger charge is 2.40. The van der Waals surface area contributed by atoms with Gasteiger partial charge >= 0.3 is 18.2 Å². The van der Waals surface area contributed by atoms with Crippen LogP contribution in [0.15, 0.2) is 72.8 Å². The van der Waals surface area contributed by atoms with Crippen molar-refractivity contribution in [3.8, 4) is 5.75 Å². The minimum Gasteiger partial charge on any atom is -0.465 e. The van der Waals surface area contributed by atoms with E-state index in [2.05, 4.69) is 15.4 Å². The van der Waals surface area contributed by atoms with Gasteiger partial charge in [-0.15, -0.1) is 0 Å². The van der Waals surface area contributed by atoms with E-state index in [1.54, 1.807) is 12.1 Å². The minimum absolute atomic E-state index is 0.131. The number of alkyl halides is 4. The van der Waals surface area contributed by atoms with Crippen molar-refractivity contribution in [2.45, 2.75) is 31.2 Å². The summed E-state index contributed by atoms with van der Waals surface area (Å²) in [4.78, 5) is 34.0. The Morgan fingerprint density at radius 2 is 1.68 bits per heavy atom. The van der Waals surface area contributed by atoms with Crippen molar-refractivity contribution in [2.24, 2.45) is 0 Å². The Morgan fingerprint density at radius 1 is 1.02 bits per heavy atom. The average Bonchev–Trinajstić information content (AvgIpc) is 2.88. The van der Waals surface area contributed by atoms with Crippen LogP contribution in [0.3, 0.4) is 0 Å². The van der Waals surface area contributed by atoms with Crippen molar-refractivity contribution in [3.05, 3.63) is 88.9 Å². The van der Waals surface area contributed by atoms with E-state index in [9.17, 15) is 23.2 Å². The smallest absolute Gasteiger partial charge is 0.428 e. The first-order valence-electron chi connectivity index (χ1n) is 11.7. The second-order valence-corrected chi connectivity index (χ2v) is 9.65. The molecule has 0 aliphatic heterocycles. The van der Waals surface area contributed by atoms with Crippen LogP contribution in [-0.4, -0.2) is 40.6 Å². The topological polar surface area (TPSA) is 108 Å². The molecule has 8 nitrogen and oxygen atoms in total. The molecule has 0 atom stereocenters. The van der Waals surface area contributed by atoms with Crippen molar-refractivity contribution in [1.29, 1.82) is 0 Å². The molecule has 0 aliphatic rings. The minimum atomic E-state index is -3.77. The number of urea groups is 1. The zero-order valence-corrected chi connectivity index (χ0v) is 23.6. The maximum atomic E-state index is 13.3. The SMILES string of the molecule is CCCN(C(=O)O)c1cccc(C)c1.O=C(NC(=O)c1ccccc1Cl)Nc1ccc(OC(F)(F)C(Cl)Cl)cc1. The number of hydrogen-bond acceptors (Lipinski definition) is 4. The van der Waals surface area contributed by atoms with E-state index in [1.807, 2.05) is 38.1 Å². The fourth-order valence-electron chi connectivity index (χ4n) is 3.14. The highest BCUT2D eigenvalue weighted by molar-refractivity contribution is 6.44. The van der Waals surface area contributed by atoms with E-state index in [0.717, 1.165) is 17.7 Å². The van der Waals surface area contributed by atoms with Crippen LogP contribution in [0.1, 0.15) is 29.3 Å². The van der Waals surface area contributed by atoms with Gasteiger partial charge in [0.1, 0.15) is 5.75 Å². The van der Waals surface area contributed by atoms with Gasteiger partial charge in [0, 0.05) is 17.9 Å². The van der Waals surface area contributed by atoms with Crippen molar-refractivity contribution in [1.82, 2.24) is 5.32 Å². The Balaban J connectivity index is 0.000000337. The summed E-state index contributed by atoms with van der Waals surface area (Å²) in [6.45, 7) is 4.46. The number of halogens is 5. The monoisotopic (exact) mass is 615 g/mol. The number of anilines is 2. The van der Waals surface area contributed by atoms with E-state index < -0.39 is 29.0 Å². The third-order valence-corrected chi connectivity index (χ3v) is 5.79. The van der Waals surface area contributed by atoms with Gasteiger partial charge in [0.25, 0.3) is 5.91 Å². The molecule has 0 fully saturated rings. The maximum Gasteiger partial charge on any atom is 0.428 e. The molecule has 0 radical (unpaired) electrons. The van der Waals surface area contributed by atoms with Gasteiger partial charge in [0.2, 0.25) is 4.84 Å². The molecule has 3 aromatic carbocycles. The number of imide groups is 1. The van der Waals surface area contributed by atoms with Crippen molar-refractivity contribution < 1.29 is 33.0 Å². The summed E-state index contributed by atoms with van der Waals surface area (Å²) >= 11 is 16.1. The summed E-state index contributed by atoms with van der Waals surface area (Å²) in [7, 11) is 0. The van der Waals surface area contributed by atoms with E-state index in [0.29, 0.717) is 6.54 Å². The summed E-state index contributed by atoms with van der Waals surface area (Å²) in [6, 6.07) is 17.8. The molecule has 3 N–H and O–H groups in total. The number of carboxylic acid groups (broad SMARTS) is 1. The number of nitrogens with zero attached hydrogens (tertiary/aromatic N) is 1. The van der Waals surface area contributed by atoms with Crippen molar-refractivity contribution in [3.63, 3.8) is 0 Å². The summed E-state index contributed by atoms with van der Waals surface area (Å²) in [5.41, 5.74) is 2.19. The molecule has 13 heteroatoms. The molecule has 0 unspecified atom stereocenters. The van der Waals surface area contributed by atoms with Gasteiger partial charge in [0.05, 0.1) is 10.6 Å². The van der Waals surface area contributed by atoms with E-state index in [1.165, 1.54) is 41.3 Å². The maximum absolute atomic E-state index is 13.3. The van der Waals surface area contributed by atoms with Crippen LogP contribution >= 0.6 is 34.8 Å².